The standard InChI is InChI=1S/C14H18ClIN2/c1-17-10-7-11-3-4-12(8-10)18(11)14-5-2-9(16)6-13(14)15/h2,5-6,10-12,17H,3-4,7-8H2,1H3. The van der Waals surface area contributed by atoms with Crippen molar-refractivity contribution in [1.29, 1.82) is 0 Å². The van der Waals surface area contributed by atoms with Gasteiger partial charge in [-0.1, -0.05) is 11.6 Å². The second kappa shape index (κ2) is 5.17. The second-order valence-corrected chi connectivity index (χ2v) is 7.00. The zero-order valence-electron chi connectivity index (χ0n) is 10.5. The van der Waals surface area contributed by atoms with Crippen LogP contribution in [-0.2, 0) is 0 Å². The highest BCUT2D eigenvalue weighted by Crippen LogP contribution is 2.42. The van der Waals surface area contributed by atoms with E-state index in [1.807, 2.05) is 0 Å². The summed E-state index contributed by atoms with van der Waals surface area (Å²) in [5.74, 6) is 0. The lowest BCUT2D eigenvalue weighted by molar-refractivity contribution is 0.374. The third-order valence-corrected chi connectivity index (χ3v) is 5.30. The van der Waals surface area contributed by atoms with Crippen molar-refractivity contribution in [2.45, 2.75) is 43.8 Å². The largest absolute Gasteiger partial charge is 0.364 e. The average molecular weight is 377 g/mol. The average Bonchev–Trinajstić information content (AvgIpc) is 2.60. The summed E-state index contributed by atoms with van der Waals surface area (Å²) in [4.78, 5) is 2.58. The van der Waals surface area contributed by atoms with E-state index in [1.165, 1.54) is 34.9 Å². The van der Waals surface area contributed by atoms with Gasteiger partial charge in [0.25, 0.3) is 0 Å². The van der Waals surface area contributed by atoms with E-state index in [0.717, 1.165) is 5.02 Å². The molecule has 2 aliphatic heterocycles. The second-order valence-electron chi connectivity index (χ2n) is 5.35. The molecule has 0 saturated carbocycles. The van der Waals surface area contributed by atoms with Crippen LogP contribution in [-0.4, -0.2) is 25.2 Å². The highest BCUT2D eigenvalue weighted by atomic mass is 127. The van der Waals surface area contributed by atoms with Crippen LogP contribution in [0.5, 0.6) is 0 Å². The maximum Gasteiger partial charge on any atom is 0.0650 e. The van der Waals surface area contributed by atoms with E-state index in [0.29, 0.717) is 18.1 Å². The summed E-state index contributed by atoms with van der Waals surface area (Å²) >= 11 is 8.74. The Morgan fingerprint density at radius 3 is 2.50 bits per heavy atom. The van der Waals surface area contributed by atoms with Crippen LogP contribution in [0.2, 0.25) is 5.02 Å². The van der Waals surface area contributed by atoms with Crippen LogP contribution in [0.25, 0.3) is 0 Å². The summed E-state index contributed by atoms with van der Waals surface area (Å²) in [7, 11) is 2.08. The SMILES string of the molecule is CNC1CC2CCC(C1)N2c1ccc(I)cc1Cl. The molecule has 1 aromatic carbocycles. The number of halogens is 2. The topological polar surface area (TPSA) is 15.3 Å². The summed E-state index contributed by atoms with van der Waals surface area (Å²) in [5.41, 5.74) is 1.24. The first-order valence-electron chi connectivity index (χ1n) is 6.59. The van der Waals surface area contributed by atoms with Crippen molar-refractivity contribution >= 4 is 39.9 Å². The summed E-state index contributed by atoms with van der Waals surface area (Å²) < 4.78 is 1.21. The predicted octanol–water partition coefficient (Wildman–Crippen LogP) is 3.66. The van der Waals surface area contributed by atoms with E-state index in [4.69, 9.17) is 11.6 Å². The molecule has 3 rings (SSSR count). The molecule has 2 fully saturated rings. The molecule has 18 heavy (non-hydrogen) atoms. The van der Waals surface area contributed by atoms with E-state index in [1.54, 1.807) is 0 Å². The molecule has 0 radical (unpaired) electrons. The molecule has 2 atom stereocenters. The Kier molecular flexibility index (Phi) is 3.74. The summed E-state index contributed by atoms with van der Waals surface area (Å²) in [6.07, 6.45) is 5.11. The number of nitrogens with one attached hydrogen (secondary N) is 1. The van der Waals surface area contributed by atoms with Gasteiger partial charge in [-0.15, -0.1) is 0 Å². The lowest BCUT2D eigenvalue weighted by atomic mass is 9.97. The van der Waals surface area contributed by atoms with Gasteiger partial charge in [-0.2, -0.15) is 0 Å². The smallest absolute Gasteiger partial charge is 0.0650 e. The maximum atomic E-state index is 6.43. The molecule has 1 aromatic rings. The van der Waals surface area contributed by atoms with Crippen molar-refractivity contribution in [2.24, 2.45) is 0 Å². The normalized spacial score (nSPS) is 30.8. The lowest BCUT2D eigenvalue weighted by Crippen LogP contribution is -2.48. The van der Waals surface area contributed by atoms with Crippen molar-refractivity contribution in [2.75, 3.05) is 11.9 Å². The molecule has 0 aromatic heterocycles. The molecular formula is C14H18ClIN2. The Bertz CT molecular complexity index is 437. The Hall–Kier alpha value is -0.0000000000000000555. The number of benzene rings is 1. The number of nitrogens with zero attached hydrogens (tertiary/aromatic N) is 1. The molecule has 2 nitrogen and oxygen atoms in total. The number of piperidine rings is 1. The molecule has 0 aliphatic carbocycles. The van der Waals surface area contributed by atoms with Gasteiger partial charge >= 0.3 is 0 Å². The first kappa shape index (κ1) is 13.0. The van der Waals surface area contributed by atoms with E-state index in [-0.39, 0.29) is 0 Å². The minimum Gasteiger partial charge on any atom is -0.364 e. The minimum absolute atomic E-state index is 0.666. The Morgan fingerprint density at radius 1 is 1.28 bits per heavy atom. The number of anilines is 1. The monoisotopic (exact) mass is 376 g/mol. The highest BCUT2D eigenvalue weighted by molar-refractivity contribution is 14.1. The van der Waals surface area contributed by atoms with Crippen LogP contribution in [0.15, 0.2) is 18.2 Å². The zero-order valence-corrected chi connectivity index (χ0v) is 13.4. The van der Waals surface area contributed by atoms with Gasteiger partial charge in [-0.25, -0.2) is 0 Å². The molecule has 2 heterocycles. The van der Waals surface area contributed by atoms with E-state index < -0.39 is 0 Å². The zero-order chi connectivity index (χ0) is 12.7. The van der Waals surface area contributed by atoms with Crippen molar-refractivity contribution in [3.05, 3.63) is 26.8 Å². The van der Waals surface area contributed by atoms with Crippen molar-refractivity contribution in [3.63, 3.8) is 0 Å². The van der Waals surface area contributed by atoms with Crippen molar-refractivity contribution in [1.82, 2.24) is 5.32 Å². The lowest BCUT2D eigenvalue weighted by Gasteiger charge is -2.41. The highest BCUT2D eigenvalue weighted by Gasteiger charge is 2.40. The van der Waals surface area contributed by atoms with Crippen LogP contribution in [0.1, 0.15) is 25.7 Å². The molecule has 2 bridgehead atoms. The fourth-order valence-electron chi connectivity index (χ4n) is 3.50. The Balaban J connectivity index is 1.89. The van der Waals surface area contributed by atoms with Gasteiger partial charge in [0.15, 0.2) is 0 Å². The summed E-state index contributed by atoms with van der Waals surface area (Å²) in [6, 6.07) is 8.43. The van der Waals surface area contributed by atoms with Gasteiger partial charge in [-0.05, 0) is 73.5 Å². The van der Waals surface area contributed by atoms with Crippen LogP contribution < -0.4 is 10.2 Å². The molecule has 0 amide bonds. The van der Waals surface area contributed by atoms with Gasteiger partial charge in [0.2, 0.25) is 0 Å². The molecule has 4 heteroatoms. The third kappa shape index (κ3) is 2.25. The molecule has 2 saturated heterocycles. The van der Waals surface area contributed by atoms with Crippen LogP contribution in [0.4, 0.5) is 5.69 Å². The van der Waals surface area contributed by atoms with E-state index >= 15 is 0 Å². The predicted molar refractivity (Wildman–Crippen MR) is 85.5 cm³/mol. The van der Waals surface area contributed by atoms with Crippen LogP contribution >= 0.6 is 34.2 Å². The van der Waals surface area contributed by atoms with Gasteiger partial charge in [-0.3, -0.25) is 0 Å². The van der Waals surface area contributed by atoms with E-state index in [9.17, 15) is 0 Å². The molecule has 2 aliphatic rings. The number of hydrogen-bond donors (Lipinski definition) is 1. The van der Waals surface area contributed by atoms with Crippen molar-refractivity contribution in [3.8, 4) is 0 Å². The fraction of sp³-hybridized carbons (Fsp3) is 0.571. The van der Waals surface area contributed by atoms with Gasteiger partial charge in [0, 0.05) is 21.7 Å². The van der Waals surface area contributed by atoms with Gasteiger partial charge in [0.1, 0.15) is 0 Å². The Morgan fingerprint density at radius 2 is 1.94 bits per heavy atom. The quantitative estimate of drug-likeness (QED) is 0.793. The first-order chi connectivity index (χ1) is 8.69. The van der Waals surface area contributed by atoms with E-state index in [2.05, 4.69) is 58.1 Å². The minimum atomic E-state index is 0.666. The first-order valence-corrected chi connectivity index (χ1v) is 8.05. The van der Waals surface area contributed by atoms with Crippen LogP contribution in [0.3, 0.4) is 0 Å². The maximum absolute atomic E-state index is 6.43. The summed E-state index contributed by atoms with van der Waals surface area (Å²) in [6.45, 7) is 0. The Labute approximate surface area is 127 Å². The number of fused-ring (bicyclic) bond motifs is 2. The third-order valence-electron chi connectivity index (χ3n) is 4.33. The van der Waals surface area contributed by atoms with Gasteiger partial charge < -0.3 is 10.2 Å². The van der Waals surface area contributed by atoms with Crippen LogP contribution in [0, 0.1) is 3.57 Å². The van der Waals surface area contributed by atoms with Gasteiger partial charge in [0.05, 0.1) is 10.7 Å². The van der Waals surface area contributed by atoms with Crippen molar-refractivity contribution < 1.29 is 0 Å². The number of rotatable bonds is 2. The molecular weight excluding hydrogens is 359 g/mol. The molecule has 98 valence electrons. The summed E-state index contributed by atoms with van der Waals surface area (Å²) in [5, 5.41) is 4.34. The molecule has 1 N–H and O–H groups in total. The fourth-order valence-corrected chi connectivity index (χ4v) is 4.45. The molecule has 2 unspecified atom stereocenters. The number of hydrogen-bond acceptors (Lipinski definition) is 2. The molecule has 0 spiro atoms.